The Balaban J connectivity index is 2.88. The van der Waals surface area contributed by atoms with Crippen LogP contribution in [0.2, 0.25) is 0 Å². The molecule has 0 aromatic heterocycles. The molecule has 1 aliphatic heterocycles. The minimum Gasteiger partial charge on any atom is -0.475 e. The summed E-state index contributed by atoms with van der Waals surface area (Å²) in [5, 5.41) is 25.9. The van der Waals surface area contributed by atoms with Crippen LogP contribution in [0, 0.1) is 0 Å². The van der Waals surface area contributed by atoms with Gasteiger partial charge in [-0.25, -0.2) is 9.59 Å². The lowest BCUT2D eigenvalue weighted by atomic mass is 10.2. The number of rotatable bonds is 2. The van der Waals surface area contributed by atoms with E-state index in [1.54, 1.807) is 0 Å². The van der Waals surface area contributed by atoms with Gasteiger partial charge in [-0.1, -0.05) is 0 Å². The zero-order chi connectivity index (χ0) is 10.0. The van der Waals surface area contributed by atoms with Gasteiger partial charge >= 0.3 is 11.9 Å². The molecule has 0 atom stereocenters. The molecule has 6 heteroatoms. The number of carboxylic acid groups (broad SMARTS) is 2. The van der Waals surface area contributed by atoms with Crippen LogP contribution in [-0.2, 0) is 14.3 Å². The van der Waals surface area contributed by atoms with Crippen molar-refractivity contribution in [2.75, 3.05) is 0 Å². The van der Waals surface area contributed by atoms with E-state index >= 15 is 0 Å². The molecule has 6 nitrogen and oxygen atoms in total. The first-order valence-corrected chi connectivity index (χ1v) is 3.27. The van der Waals surface area contributed by atoms with E-state index in [0.29, 0.717) is 0 Å². The van der Waals surface area contributed by atoms with Crippen molar-refractivity contribution >= 4 is 11.9 Å². The normalized spacial score (nSPS) is 17.0. The minimum absolute atomic E-state index is 0.590. The Morgan fingerprint density at radius 3 is 1.85 bits per heavy atom. The molecule has 0 fully saturated rings. The summed E-state index contributed by atoms with van der Waals surface area (Å²) in [6.07, 6.45) is 0.551. The molecule has 0 saturated carbocycles. The van der Waals surface area contributed by atoms with Gasteiger partial charge in [0.1, 0.15) is 0 Å². The van der Waals surface area contributed by atoms with Crippen molar-refractivity contribution in [1.29, 1.82) is 0 Å². The highest BCUT2D eigenvalue weighted by Gasteiger charge is 2.23. The van der Waals surface area contributed by atoms with Crippen LogP contribution in [-0.4, -0.2) is 33.4 Å². The highest BCUT2D eigenvalue weighted by Crippen LogP contribution is 2.15. The number of aliphatic carboxylic acids is 2. The average molecular weight is 186 g/mol. The Labute approximate surface area is 72.4 Å². The van der Waals surface area contributed by atoms with Crippen molar-refractivity contribution in [2.24, 2.45) is 0 Å². The Morgan fingerprint density at radius 2 is 1.54 bits per heavy atom. The molecular weight excluding hydrogens is 180 g/mol. The van der Waals surface area contributed by atoms with Gasteiger partial charge in [0, 0.05) is 0 Å². The van der Waals surface area contributed by atoms with E-state index in [4.69, 9.17) is 15.3 Å². The van der Waals surface area contributed by atoms with Gasteiger partial charge in [-0.3, -0.25) is 0 Å². The second-order valence-corrected chi connectivity index (χ2v) is 2.26. The fraction of sp³-hybridized carbons (Fsp3) is 0.143. The van der Waals surface area contributed by atoms with Crippen LogP contribution in [0.1, 0.15) is 0 Å². The molecule has 1 aliphatic rings. The molecule has 0 unspecified atom stereocenters. The molecule has 13 heavy (non-hydrogen) atoms. The van der Waals surface area contributed by atoms with Crippen molar-refractivity contribution < 1.29 is 29.6 Å². The molecule has 0 saturated heterocycles. The Morgan fingerprint density at radius 1 is 1.15 bits per heavy atom. The maximum atomic E-state index is 10.3. The fourth-order valence-electron chi connectivity index (χ4n) is 0.775. The third-order valence-electron chi connectivity index (χ3n) is 1.29. The van der Waals surface area contributed by atoms with Crippen LogP contribution in [0.4, 0.5) is 0 Å². The Kier molecular flexibility index (Phi) is 2.34. The quantitative estimate of drug-likeness (QED) is 0.527. The molecule has 0 aromatic rings. The van der Waals surface area contributed by atoms with Crippen LogP contribution >= 0.6 is 0 Å². The Bertz CT molecular complexity index is 283. The van der Waals surface area contributed by atoms with Crippen LogP contribution in [0.3, 0.4) is 0 Å². The van der Waals surface area contributed by atoms with E-state index in [9.17, 15) is 9.59 Å². The van der Waals surface area contributed by atoms with Crippen LogP contribution in [0.25, 0.3) is 0 Å². The van der Waals surface area contributed by atoms with Crippen LogP contribution in [0.15, 0.2) is 23.7 Å². The topological polar surface area (TPSA) is 104 Å². The largest absolute Gasteiger partial charge is 0.475 e. The van der Waals surface area contributed by atoms with E-state index in [1.807, 2.05) is 0 Å². The fourth-order valence-corrected chi connectivity index (χ4v) is 0.775. The number of ether oxygens (including phenoxy) is 1. The van der Waals surface area contributed by atoms with Crippen LogP contribution in [0.5, 0.6) is 0 Å². The third kappa shape index (κ3) is 2.06. The number of hydrogen-bond donors (Lipinski definition) is 3. The van der Waals surface area contributed by atoms with Gasteiger partial charge in [0.05, 0.1) is 6.10 Å². The summed E-state index contributed by atoms with van der Waals surface area (Å²) in [6, 6.07) is 0. The van der Waals surface area contributed by atoms with Crippen molar-refractivity contribution in [3.63, 3.8) is 0 Å². The van der Waals surface area contributed by atoms with E-state index in [1.165, 1.54) is 0 Å². The highest BCUT2D eigenvalue weighted by molar-refractivity contribution is 5.89. The van der Waals surface area contributed by atoms with Gasteiger partial charge in [0.15, 0.2) is 0 Å². The zero-order valence-electron chi connectivity index (χ0n) is 6.30. The minimum atomic E-state index is -1.43. The molecular formula is C7H6O6. The summed E-state index contributed by atoms with van der Waals surface area (Å²) in [5.41, 5.74) is 0. The van der Waals surface area contributed by atoms with Gasteiger partial charge in [-0.15, -0.1) is 0 Å². The molecule has 0 amide bonds. The number of carboxylic acids is 2. The lowest BCUT2D eigenvalue weighted by Crippen LogP contribution is -2.19. The molecule has 70 valence electrons. The third-order valence-corrected chi connectivity index (χ3v) is 1.29. The summed E-state index contributed by atoms with van der Waals surface area (Å²) in [7, 11) is 0. The summed E-state index contributed by atoms with van der Waals surface area (Å²) in [6.45, 7) is 0. The molecule has 0 radical (unpaired) electrons. The van der Waals surface area contributed by atoms with Gasteiger partial charge in [-0.2, -0.15) is 0 Å². The van der Waals surface area contributed by atoms with Gasteiger partial charge < -0.3 is 20.1 Å². The molecule has 0 bridgehead atoms. The summed E-state index contributed by atoms with van der Waals surface area (Å²) >= 11 is 0. The predicted octanol–water partition coefficient (Wildman–Crippen LogP) is -0.685. The van der Waals surface area contributed by atoms with Crippen molar-refractivity contribution in [3.05, 3.63) is 23.7 Å². The number of aliphatic hydroxyl groups is 1. The first-order valence-electron chi connectivity index (χ1n) is 3.27. The van der Waals surface area contributed by atoms with Gasteiger partial charge in [0.25, 0.3) is 0 Å². The average Bonchev–Trinajstić information content (AvgIpc) is 2.03. The number of hydrogen-bond acceptors (Lipinski definition) is 4. The second-order valence-electron chi connectivity index (χ2n) is 2.26. The predicted molar refractivity (Wildman–Crippen MR) is 38.5 cm³/mol. The van der Waals surface area contributed by atoms with E-state index < -0.39 is 29.6 Å². The standard InChI is InChI=1S/C7H6O6/c8-3-1-4(6(9)10)13-5(2-3)7(11)12/h1-3,8H,(H,9,10)(H,11,12). The zero-order valence-corrected chi connectivity index (χ0v) is 6.30. The van der Waals surface area contributed by atoms with Crippen molar-refractivity contribution in [3.8, 4) is 0 Å². The highest BCUT2D eigenvalue weighted by atomic mass is 16.5. The van der Waals surface area contributed by atoms with Crippen LogP contribution < -0.4 is 0 Å². The number of aliphatic hydroxyl groups excluding tert-OH is 1. The maximum absolute atomic E-state index is 10.3. The van der Waals surface area contributed by atoms with E-state index in [-0.39, 0.29) is 0 Å². The summed E-state index contributed by atoms with van der Waals surface area (Å²) in [5.74, 6) is -4.03. The lowest BCUT2D eigenvalue weighted by molar-refractivity contribution is -0.139. The van der Waals surface area contributed by atoms with Crippen molar-refractivity contribution in [2.45, 2.75) is 6.10 Å². The maximum Gasteiger partial charge on any atom is 0.371 e. The Hall–Kier alpha value is -1.82. The van der Waals surface area contributed by atoms with Gasteiger partial charge in [0.2, 0.25) is 11.5 Å². The SMILES string of the molecule is O=C(O)C1=CC(O)C=C(C(=O)O)O1. The first-order chi connectivity index (χ1) is 6.00. The summed E-state index contributed by atoms with van der Waals surface area (Å²) in [4.78, 5) is 20.7. The smallest absolute Gasteiger partial charge is 0.371 e. The van der Waals surface area contributed by atoms with Crippen molar-refractivity contribution in [1.82, 2.24) is 0 Å². The second kappa shape index (κ2) is 3.28. The summed E-state index contributed by atoms with van der Waals surface area (Å²) < 4.78 is 4.44. The molecule has 0 aromatic carbocycles. The lowest BCUT2D eigenvalue weighted by Gasteiger charge is -2.13. The molecule has 0 spiro atoms. The van der Waals surface area contributed by atoms with E-state index in [2.05, 4.69) is 4.74 Å². The number of carbonyl (C=O) groups is 2. The molecule has 0 aliphatic carbocycles. The monoisotopic (exact) mass is 186 g/mol. The van der Waals surface area contributed by atoms with E-state index in [0.717, 1.165) is 12.2 Å². The molecule has 3 N–H and O–H groups in total. The van der Waals surface area contributed by atoms with Gasteiger partial charge in [-0.05, 0) is 12.2 Å². The first kappa shape index (κ1) is 9.27. The molecule has 1 heterocycles. The molecule has 1 rings (SSSR count).